The van der Waals surface area contributed by atoms with Gasteiger partial charge >= 0.3 is 0 Å². The smallest absolute Gasteiger partial charge is 0.236 e. The van der Waals surface area contributed by atoms with Crippen LogP contribution in [0.5, 0.6) is 5.88 Å². The van der Waals surface area contributed by atoms with Gasteiger partial charge in [-0.25, -0.2) is 14.4 Å². The SMILES string of the molecule is COc1ncnc(-c2ccc(Cl)cc2F)c1Cl. The van der Waals surface area contributed by atoms with Crippen molar-refractivity contribution in [1.29, 1.82) is 0 Å². The van der Waals surface area contributed by atoms with E-state index in [9.17, 15) is 4.39 Å². The third-order valence-electron chi connectivity index (χ3n) is 2.14. The molecule has 1 aromatic carbocycles. The summed E-state index contributed by atoms with van der Waals surface area (Å²) in [5.41, 5.74) is 0.521. The zero-order chi connectivity index (χ0) is 12.4. The van der Waals surface area contributed by atoms with Crippen molar-refractivity contribution in [3.63, 3.8) is 0 Å². The normalized spacial score (nSPS) is 10.4. The Kier molecular flexibility index (Phi) is 3.45. The standard InChI is InChI=1S/C11H7Cl2FN2O/c1-17-11-9(13)10(15-5-16-11)7-3-2-6(12)4-8(7)14/h2-5H,1H3. The van der Waals surface area contributed by atoms with Crippen LogP contribution in [0.3, 0.4) is 0 Å². The third kappa shape index (κ3) is 2.33. The molecule has 0 unspecified atom stereocenters. The van der Waals surface area contributed by atoms with Gasteiger partial charge in [0, 0.05) is 10.6 Å². The van der Waals surface area contributed by atoms with Crippen molar-refractivity contribution >= 4 is 23.2 Å². The number of nitrogens with zero attached hydrogens (tertiary/aromatic N) is 2. The lowest BCUT2D eigenvalue weighted by molar-refractivity contribution is 0.397. The molecular formula is C11H7Cl2FN2O. The number of hydrogen-bond donors (Lipinski definition) is 0. The maximum Gasteiger partial charge on any atom is 0.236 e. The number of aromatic nitrogens is 2. The van der Waals surface area contributed by atoms with Crippen LogP contribution in [0.1, 0.15) is 0 Å². The summed E-state index contributed by atoms with van der Waals surface area (Å²) in [6.07, 6.45) is 1.26. The molecule has 6 heteroatoms. The predicted octanol–water partition coefficient (Wildman–Crippen LogP) is 3.60. The molecule has 3 nitrogen and oxygen atoms in total. The van der Waals surface area contributed by atoms with Crippen molar-refractivity contribution in [2.24, 2.45) is 0 Å². The fraction of sp³-hybridized carbons (Fsp3) is 0.0909. The summed E-state index contributed by atoms with van der Waals surface area (Å²) in [5.74, 6) is -0.300. The molecule has 0 aliphatic heterocycles. The summed E-state index contributed by atoms with van der Waals surface area (Å²) in [5, 5.41) is 0.472. The maximum atomic E-state index is 13.7. The Morgan fingerprint density at radius 3 is 2.65 bits per heavy atom. The van der Waals surface area contributed by atoms with E-state index in [1.165, 1.54) is 25.6 Å². The zero-order valence-corrected chi connectivity index (χ0v) is 10.3. The molecule has 17 heavy (non-hydrogen) atoms. The Balaban J connectivity index is 2.60. The van der Waals surface area contributed by atoms with Crippen LogP contribution < -0.4 is 4.74 Å². The second-order valence-corrected chi connectivity index (χ2v) is 3.98. The molecule has 2 rings (SSSR count). The molecule has 0 aliphatic rings. The van der Waals surface area contributed by atoms with Gasteiger partial charge < -0.3 is 4.74 Å². The van der Waals surface area contributed by atoms with Crippen LogP contribution in [0.25, 0.3) is 11.3 Å². The Labute approximate surface area is 107 Å². The summed E-state index contributed by atoms with van der Waals surface area (Å²) < 4.78 is 18.6. The van der Waals surface area contributed by atoms with Gasteiger partial charge in [0.25, 0.3) is 0 Å². The Morgan fingerprint density at radius 2 is 2.00 bits per heavy atom. The molecule has 0 aliphatic carbocycles. The first kappa shape index (κ1) is 12.1. The van der Waals surface area contributed by atoms with E-state index in [0.717, 1.165) is 0 Å². The monoisotopic (exact) mass is 272 g/mol. The summed E-state index contributed by atoms with van der Waals surface area (Å²) in [7, 11) is 1.43. The minimum Gasteiger partial charge on any atom is -0.480 e. The van der Waals surface area contributed by atoms with E-state index >= 15 is 0 Å². The lowest BCUT2D eigenvalue weighted by atomic mass is 10.1. The van der Waals surface area contributed by atoms with Crippen LogP contribution in [0.15, 0.2) is 24.5 Å². The fourth-order valence-electron chi connectivity index (χ4n) is 1.37. The Bertz CT molecular complexity index is 563. The van der Waals surface area contributed by atoms with Crippen molar-refractivity contribution in [1.82, 2.24) is 9.97 Å². The second kappa shape index (κ2) is 4.85. The van der Waals surface area contributed by atoms with E-state index in [1.807, 2.05) is 0 Å². The molecule has 1 heterocycles. The van der Waals surface area contributed by atoms with E-state index < -0.39 is 5.82 Å². The molecule has 0 saturated carbocycles. The van der Waals surface area contributed by atoms with Gasteiger partial charge in [0.05, 0.1) is 12.8 Å². The first-order valence-corrected chi connectivity index (χ1v) is 5.39. The molecule has 0 spiro atoms. The molecule has 2 aromatic rings. The topological polar surface area (TPSA) is 35.0 Å². The van der Waals surface area contributed by atoms with E-state index in [2.05, 4.69) is 9.97 Å². The molecule has 1 aromatic heterocycles. The van der Waals surface area contributed by atoms with Crippen LogP contribution in [0.4, 0.5) is 4.39 Å². The van der Waals surface area contributed by atoms with Gasteiger partial charge in [0.1, 0.15) is 17.2 Å². The molecule has 0 saturated heterocycles. The van der Waals surface area contributed by atoms with Gasteiger partial charge in [0.15, 0.2) is 0 Å². The number of hydrogen-bond acceptors (Lipinski definition) is 3. The summed E-state index contributed by atoms with van der Waals surface area (Å²) in [6, 6.07) is 4.26. The highest BCUT2D eigenvalue weighted by atomic mass is 35.5. The van der Waals surface area contributed by atoms with Crippen molar-refractivity contribution in [3.05, 3.63) is 40.4 Å². The molecule has 0 radical (unpaired) electrons. The minimum atomic E-state index is -0.500. The van der Waals surface area contributed by atoms with E-state index in [-0.39, 0.29) is 22.2 Å². The van der Waals surface area contributed by atoms with Gasteiger partial charge in [-0.1, -0.05) is 23.2 Å². The third-order valence-corrected chi connectivity index (χ3v) is 2.71. The minimum absolute atomic E-state index is 0.163. The average molecular weight is 273 g/mol. The first-order chi connectivity index (χ1) is 8.13. The Hall–Kier alpha value is -1.39. The number of benzene rings is 1. The van der Waals surface area contributed by atoms with Gasteiger partial charge in [-0.15, -0.1) is 0 Å². The van der Waals surface area contributed by atoms with Gasteiger partial charge in [-0.2, -0.15) is 0 Å². The largest absolute Gasteiger partial charge is 0.480 e. The number of methoxy groups -OCH3 is 1. The van der Waals surface area contributed by atoms with Crippen molar-refractivity contribution in [2.45, 2.75) is 0 Å². The van der Waals surface area contributed by atoms with E-state index in [0.29, 0.717) is 5.02 Å². The van der Waals surface area contributed by atoms with Gasteiger partial charge in [-0.05, 0) is 18.2 Å². The predicted molar refractivity (Wildman–Crippen MR) is 64.0 cm³/mol. The fourth-order valence-corrected chi connectivity index (χ4v) is 1.80. The van der Waals surface area contributed by atoms with Gasteiger partial charge in [0.2, 0.25) is 5.88 Å². The van der Waals surface area contributed by atoms with Crippen LogP contribution in [-0.2, 0) is 0 Å². The van der Waals surface area contributed by atoms with Crippen molar-refractivity contribution < 1.29 is 9.13 Å². The van der Waals surface area contributed by atoms with E-state index in [1.54, 1.807) is 6.07 Å². The maximum absolute atomic E-state index is 13.7. The van der Waals surface area contributed by atoms with Crippen LogP contribution in [0.2, 0.25) is 10.0 Å². The highest BCUT2D eigenvalue weighted by Gasteiger charge is 2.15. The molecule has 0 atom stereocenters. The molecule has 0 amide bonds. The van der Waals surface area contributed by atoms with Crippen molar-refractivity contribution in [3.8, 4) is 17.1 Å². The summed E-state index contributed by atoms with van der Waals surface area (Å²) in [6.45, 7) is 0. The highest BCUT2D eigenvalue weighted by molar-refractivity contribution is 6.34. The zero-order valence-electron chi connectivity index (χ0n) is 8.75. The molecule has 0 bridgehead atoms. The van der Waals surface area contributed by atoms with E-state index in [4.69, 9.17) is 27.9 Å². The second-order valence-electron chi connectivity index (χ2n) is 3.17. The first-order valence-electron chi connectivity index (χ1n) is 4.63. The number of rotatable bonds is 2. The number of halogens is 3. The molecule has 0 N–H and O–H groups in total. The molecule has 88 valence electrons. The molecular weight excluding hydrogens is 266 g/mol. The quantitative estimate of drug-likeness (QED) is 0.838. The van der Waals surface area contributed by atoms with Crippen LogP contribution in [-0.4, -0.2) is 17.1 Å². The number of ether oxygens (including phenoxy) is 1. The molecule has 0 fully saturated rings. The lowest BCUT2D eigenvalue weighted by Crippen LogP contribution is -1.95. The summed E-state index contributed by atoms with van der Waals surface area (Å²) in [4.78, 5) is 7.76. The lowest BCUT2D eigenvalue weighted by Gasteiger charge is -2.07. The Morgan fingerprint density at radius 1 is 1.24 bits per heavy atom. The average Bonchev–Trinajstić information content (AvgIpc) is 2.30. The van der Waals surface area contributed by atoms with Crippen LogP contribution >= 0.6 is 23.2 Å². The van der Waals surface area contributed by atoms with Crippen molar-refractivity contribution in [2.75, 3.05) is 7.11 Å². The highest BCUT2D eigenvalue weighted by Crippen LogP contribution is 2.33. The van der Waals surface area contributed by atoms with Crippen LogP contribution in [0, 0.1) is 5.82 Å². The van der Waals surface area contributed by atoms with Gasteiger partial charge in [-0.3, -0.25) is 0 Å². The summed E-state index contributed by atoms with van der Waals surface area (Å²) >= 11 is 11.7.